The van der Waals surface area contributed by atoms with Gasteiger partial charge < -0.3 is 9.64 Å². The number of amides is 1. The molecule has 1 aliphatic rings. The van der Waals surface area contributed by atoms with Crippen molar-refractivity contribution in [2.75, 3.05) is 24.7 Å². The van der Waals surface area contributed by atoms with Crippen LogP contribution in [0.15, 0.2) is 29.1 Å². The molecule has 10 heteroatoms. The SMILES string of the molecule is CC(C)CN(C(=O)COC(=O)c1nn(C(C)C)c(=O)c2ccccc12)[C@@H]1CCS(=O)(=O)C1. The third kappa shape index (κ3) is 5.17. The van der Waals surface area contributed by atoms with Gasteiger partial charge in [0.1, 0.15) is 0 Å². The Morgan fingerprint density at radius 2 is 1.84 bits per heavy atom. The van der Waals surface area contributed by atoms with Crippen molar-refractivity contribution in [1.82, 2.24) is 14.7 Å². The number of aromatic nitrogens is 2. The molecule has 2 heterocycles. The first kappa shape index (κ1) is 23.9. The highest BCUT2D eigenvalue weighted by Crippen LogP contribution is 2.20. The van der Waals surface area contributed by atoms with Crippen LogP contribution in [0.5, 0.6) is 0 Å². The molecule has 174 valence electrons. The normalized spacial score (nSPS) is 17.8. The van der Waals surface area contributed by atoms with Crippen LogP contribution < -0.4 is 5.56 Å². The number of benzene rings is 1. The maximum atomic E-state index is 12.9. The Morgan fingerprint density at radius 1 is 1.19 bits per heavy atom. The molecule has 0 aliphatic carbocycles. The molecule has 3 rings (SSSR count). The molecule has 0 spiro atoms. The van der Waals surface area contributed by atoms with E-state index >= 15 is 0 Å². The molecule has 1 amide bonds. The Hall–Kier alpha value is -2.75. The van der Waals surface area contributed by atoms with Gasteiger partial charge >= 0.3 is 5.97 Å². The average Bonchev–Trinajstić information content (AvgIpc) is 3.09. The minimum atomic E-state index is -3.17. The van der Waals surface area contributed by atoms with Gasteiger partial charge in [-0.2, -0.15) is 5.10 Å². The van der Waals surface area contributed by atoms with Gasteiger partial charge in [-0.1, -0.05) is 32.0 Å². The van der Waals surface area contributed by atoms with Crippen molar-refractivity contribution in [3.63, 3.8) is 0 Å². The van der Waals surface area contributed by atoms with Crippen LogP contribution in [-0.4, -0.2) is 65.7 Å². The van der Waals surface area contributed by atoms with Crippen molar-refractivity contribution in [3.8, 4) is 0 Å². The van der Waals surface area contributed by atoms with Gasteiger partial charge in [0.25, 0.3) is 11.5 Å². The van der Waals surface area contributed by atoms with Gasteiger partial charge in [0, 0.05) is 18.0 Å². The number of carbonyl (C=O) groups excluding carboxylic acids is 2. The van der Waals surface area contributed by atoms with Crippen molar-refractivity contribution in [2.24, 2.45) is 5.92 Å². The molecule has 1 aromatic heterocycles. The molecule has 1 aliphatic heterocycles. The quantitative estimate of drug-likeness (QED) is 0.575. The predicted molar refractivity (Wildman–Crippen MR) is 120 cm³/mol. The molecule has 1 fully saturated rings. The third-order valence-electron chi connectivity index (χ3n) is 5.37. The number of rotatable bonds is 7. The standard InChI is InChI=1S/C22H29N3O6S/c1-14(2)11-24(16-9-10-32(29,30)13-16)19(26)12-31-22(28)20-17-7-5-6-8-18(17)21(27)25(23-20)15(3)4/h5-8,14-16H,9-13H2,1-4H3/t16-/m1/s1. The maximum absolute atomic E-state index is 12.9. The predicted octanol–water partition coefficient (Wildman–Crippen LogP) is 1.81. The van der Waals surface area contributed by atoms with Gasteiger partial charge in [-0.25, -0.2) is 17.9 Å². The molecule has 32 heavy (non-hydrogen) atoms. The van der Waals surface area contributed by atoms with E-state index in [0.717, 1.165) is 0 Å². The van der Waals surface area contributed by atoms with Crippen LogP contribution in [0, 0.1) is 5.92 Å². The molecule has 1 saturated heterocycles. The number of esters is 1. The largest absolute Gasteiger partial charge is 0.451 e. The van der Waals surface area contributed by atoms with E-state index in [2.05, 4.69) is 5.10 Å². The lowest BCUT2D eigenvalue weighted by Crippen LogP contribution is -2.45. The number of hydrogen-bond donors (Lipinski definition) is 0. The number of nitrogens with zero attached hydrogens (tertiary/aromatic N) is 3. The van der Waals surface area contributed by atoms with Crippen molar-refractivity contribution in [1.29, 1.82) is 0 Å². The second-order valence-electron chi connectivity index (χ2n) is 8.81. The molecular formula is C22H29N3O6S. The van der Waals surface area contributed by atoms with Crippen molar-refractivity contribution >= 4 is 32.5 Å². The first-order valence-corrected chi connectivity index (χ1v) is 12.5. The molecule has 0 radical (unpaired) electrons. The fourth-order valence-electron chi connectivity index (χ4n) is 3.85. The first-order chi connectivity index (χ1) is 15.0. The van der Waals surface area contributed by atoms with Crippen LogP contribution >= 0.6 is 0 Å². The van der Waals surface area contributed by atoms with E-state index in [4.69, 9.17) is 4.74 Å². The van der Waals surface area contributed by atoms with Crippen LogP contribution in [0.2, 0.25) is 0 Å². The van der Waals surface area contributed by atoms with E-state index in [9.17, 15) is 22.8 Å². The zero-order chi connectivity index (χ0) is 23.6. The van der Waals surface area contributed by atoms with E-state index in [1.807, 2.05) is 13.8 Å². The molecule has 1 aromatic carbocycles. The molecule has 0 saturated carbocycles. The summed E-state index contributed by atoms with van der Waals surface area (Å²) in [6.45, 7) is 7.26. The Morgan fingerprint density at radius 3 is 2.41 bits per heavy atom. The van der Waals surface area contributed by atoms with E-state index in [1.165, 1.54) is 9.58 Å². The molecule has 2 aromatic rings. The summed E-state index contributed by atoms with van der Waals surface area (Å²) in [6, 6.07) is 5.93. The summed E-state index contributed by atoms with van der Waals surface area (Å²) in [7, 11) is -3.17. The van der Waals surface area contributed by atoms with Crippen LogP contribution in [0.25, 0.3) is 10.8 Å². The van der Waals surface area contributed by atoms with E-state index in [-0.39, 0.29) is 34.7 Å². The van der Waals surface area contributed by atoms with Gasteiger partial charge in [-0.05, 0) is 32.3 Å². The molecule has 0 unspecified atom stereocenters. The maximum Gasteiger partial charge on any atom is 0.359 e. The van der Waals surface area contributed by atoms with Gasteiger partial charge in [-0.15, -0.1) is 0 Å². The zero-order valence-corrected chi connectivity index (χ0v) is 19.6. The summed E-state index contributed by atoms with van der Waals surface area (Å²) in [5, 5.41) is 4.89. The highest BCUT2D eigenvalue weighted by molar-refractivity contribution is 7.91. The van der Waals surface area contributed by atoms with Gasteiger partial charge in [0.2, 0.25) is 0 Å². The monoisotopic (exact) mass is 463 g/mol. The lowest BCUT2D eigenvalue weighted by atomic mass is 10.1. The number of hydrogen-bond acceptors (Lipinski definition) is 7. The van der Waals surface area contributed by atoms with E-state index < -0.39 is 34.4 Å². The second kappa shape index (κ2) is 9.40. The highest BCUT2D eigenvalue weighted by Gasteiger charge is 2.35. The number of sulfone groups is 1. The lowest BCUT2D eigenvalue weighted by molar-refractivity contribution is -0.137. The average molecular weight is 464 g/mol. The van der Waals surface area contributed by atoms with Crippen molar-refractivity contribution in [3.05, 3.63) is 40.3 Å². The summed E-state index contributed by atoms with van der Waals surface area (Å²) in [5.41, 5.74) is -0.352. The minimum Gasteiger partial charge on any atom is -0.451 e. The summed E-state index contributed by atoms with van der Waals surface area (Å²) in [4.78, 5) is 39.9. The molecule has 9 nitrogen and oxygen atoms in total. The smallest absolute Gasteiger partial charge is 0.359 e. The lowest BCUT2D eigenvalue weighted by Gasteiger charge is -2.29. The molecule has 0 bridgehead atoms. The number of carbonyl (C=O) groups is 2. The van der Waals surface area contributed by atoms with Crippen LogP contribution in [0.4, 0.5) is 0 Å². The minimum absolute atomic E-state index is 0.0412. The van der Waals surface area contributed by atoms with Crippen LogP contribution in [0.1, 0.15) is 50.6 Å². The molecular weight excluding hydrogens is 434 g/mol. The number of fused-ring (bicyclic) bond motifs is 1. The van der Waals surface area contributed by atoms with Crippen LogP contribution in [-0.2, 0) is 19.4 Å². The fourth-order valence-corrected chi connectivity index (χ4v) is 5.59. The van der Waals surface area contributed by atoms with Gasteiger partial charge in [0.05, 0.1) is 22.9 Å². The summed E-state index contributed by atoms with van der Waals surface area (Å²) in [5.74, 6) is -1.17. The number of ether oxygens (including phenoxy) is 1. The summed E-state index contributed by atoms with van der Waals surface area (Å²) >= 11 is 0. The summed E-state index contributed by atoms with van der Waals surface area (Å²) in [6.07, 6.45) is 0.375. The zero-order valence-electron chi connectivity index (χ0n) is 18.8. The highest BCUT2D eigenvalue weighted by atomic mass is 32.2. The molecule has 0 N–H and O–H groups in total. The Labute approximate surface area is 187 Å². The van der Waals surface area contributed by atoms with Crippen molar-refractivity contribution in [2.45, 2.75) is 46.2 Å². The fraction of sp³-hybridized carbons (Fsp3) is 0.545. The Bertz CT molecular complexity index is 1190. The summed E-state index contributed by atoms with van der Waals surface area (Å²) < 4.78 is 30.3. The van der Waals surface area contributed by atoms with Gasteiger partial charge in [0.15, 0.2) is 22.1 Å². The first-order valence-electron chi connectivity index (χ1n) is 10.7. The third-order valence-corrected chi connectivity index (χ3v) is 7.12. The second-order valence-corrected chi connectivity index (χ2v) is 11.0. The van der Waals surface area contributed by atoms with E-state index in [1.54, 1.807) is 38.1 Å². The van der Waals surface area contributed by atoms with E-state index in [0.29, 0.717) is 23.7 Å². The Balaban J connectivity index is 1.82. The van der Waals surface area contributed by atoms with Crippen LogP contribution in [0.3, 0.4) is 0 Å². The topological polar surface area (TPSA) is 116 Å². The molecule has 1 atom stereocenters. The Kier molecular flexibility index (Phi) is 7.02. The van der Waals surface area contributed by atoms with Crippen molar-refractivity contribution < 1.29 is 22.7 Å². The van der Waals surface area contributed by atoms with Gasteiger partial charge in [-0.3, -0.25) is 9.59 Å².